The third kappa shape index (κ3) is 22.8. The predicted octanol–water partition coefficient (Wildman–Crippen LogP) is -2.76. The quantitative estimate of drug-likeness (QED) is 0.432. The molecule has 0 saturated carbocycles. The van der Waals surface area contributed by atoms with E-state index in [0.29, 0.717) is 21.0 Å². The summed E-state index contributed by atoms with van der Waals surface area (Å²) in [5.74, 6) is 0. The van der Waals surface area contributed by atoms with Gasteiger partial charge in [0.2, 0.25) is 0 Å². The first-order valence-electron chi connectivity index (χ1n) is 0.183. The molecule has 0 amide bonds. The van der Waals surface area contributed by atoms with Crippen LogP contribution in [0.25, 0.3) is 0 Å². The van der Waals surface area contributed by atoms with E-state index in [0.717, 1.165) is 0 Å². The molecular weight excluding hydrogens is 255 g/mol. The maximum atomic E-state index is 8.30. The zero-order valence-corrected chi connectivity index (χ0v) is 6.01. The van der Waals surface area contributed by atoms with Crippen molar-refractivity contribution in [3.05, 3.63) is 0 Å². The van der Waals surface area contributed by atoms with Gasteiger partial charge in [-0.2, -0.15) is 0 Å². The Hall–Kier alpha value is 2.17. The van der Waals surface area contributed by atoms with Gasteiger partial charge in [-0.15, -0.1) is 0 Å². The van der Waals surface area contributed by atoms with Crippen LogP contribution in [0.5, 0.6) is 0 Å². The molecule has 0 aliphatic carbocycles. The summed E-state index contributed by atoms with van der Waals surface area (Å²) >= 11 is 0.500. The van der Waals surface area contributed by atoms with Crippen LogP contribution in [0.2, 0.25) is 0 Å². The predicted molar refractivity (Wildman–Crippen MR) is 22.0 cm³/mol. The summed E-state index contributed by atoms with van der Waals surface area (Å²) in [7, 11) is 0. The Balaban J connectivity index is -0.00000000167. The van der Waals surface area contributed by atoms with Crippen LogP contribution in [0.1, 0.15) is 0 Å². The molecule has 0 aromatic heterocycles. The second-order valence-electron chi connectivity index (χ2n) is 0. The summed E-state index contributed by atoms with van der Waals surface area (Å²) in [6, 6.07) is 0. The van der Waals surface area contributed by atoms with Crippen molar-refractivity contribution in [3.8, 4) is 0 Å². The smallest absolute Gasteiger partial charge is 0 e. The van der Waals surface area contributed by atoms with Gasteiger partial charge in [0.15, 0.2) is 17.4 Å². The molecule has 0 bridgehead atoms. The first-order chi connectivity index (χ1) is 1.00. The van der Waals surface area contributed by atoms with Crippen LogP contribution in [0.3, 0.4) is 0 Å². The molecule has 0 unspecified atom stereocenters. The first-order valence-corrected chi connectivity index (χ1v) is 1.08. The maximum absolute atomic E-state index is 8.30. The van der Waals surface area contributed by atoms with E-state index in [2.05, 4.69) is 0 Å². The van der Waals surface area contributed by atoms with E-state index in [9.17, 15) is 0 Å². The molecule has 1 nitrogen and oxygen atoms in total. The minimum atomic E-state index is 0. The molecule has 29 valence electrons. The zero-order chi connectivity index (χ0) is 2.00. The molecule has 0 heterocycles. The fourth-order valence-electron chi connectivity index (χ4n) is 0. The average molecular weight is 262 g/mol. The summed E-state index contributed by atoms with van der Waals surface area (Å²) in [5, 5.41) is 0. The Kier molecular flexibility index (Phi) is 190. The van der Waals surface area contributed by atoms with Crippen molar-refractivity contribution < 1.29 is 50.5 Å². The van der Waals surface area contributed by atoms with Gasteiger partial charge in [-0.3, -0.25) is 0 Å². The minimum Gasteiger partial charge on any atom is -0.0149 e. The molecule has 0 N–H and O–H groups in total. The molecule has 0 radical (unpaired) electrons. The van der Waals surface area contributed by atoms with Crippen LogP contribution in [0.15, 0.2) is 0 Å². The molecule has 5 heteroatoms. The van der Waals surface area contributed by atoms with Gasteiger partial charge in [0.1, 0.15) is 0 Å². The van der Waals surface area contributed by atoms with E-state index < -0.39 is 0 Å². The van der Waals surface area contributed by atoms with Gasteiger partial charge in [0.25, 0.3) is 0 Å². The third-order valence-corrected chi connectivity index (χ3v) is 0. The second-order valence-corrected chi connectivity index (χ2v) is 0. The van der Waals surface area contributed by atoms with E-state index >= 15 is 0 Å². The molecule has 0 aromatic carbocycles. The molecule has 5 heavy (non-hydrogen) atoms. The Morgan fingerprint density at radius 1 is 1.20 bits per heavy atom. The van der Waals surface area contributed by atoms with Crippen molar-refractivity contribution >= 4 is 28.3 Å². The van der Waals surface area contributed by atoms with Gasteiger partial charge < -0.3 is 0 Å². The molecule has 0 aromatic rings. The van der Waals surface area contributed by atoms with E-state index in [1.54, 1.807) is 0 Å². The minimum absolute atomic E-state index is 0. The summed E-state index contributed by atoms with van der Waals surface area (Å²) < 4.78 is 8.30. The summed E-state index contributed by atoms with van der Waals surface area (Å²) in [6.45, 7) is 0. The molecule has 0 spiro atoms. The Morgan fingerprint density at radius 3 is 1.20 bits per heavy atom. The van der Waals surface area contributed by atoms with Gasteiger partial charge in [-0.25, -0.2) is 0 Å². The number of rotatable bonds is 0. The van der Waals surface area contributed by atoms with Crippen molar-refractivity contribution in [1.82, 2.24) is 0 Å². The van der Waals surface area contributed by atoms with Crippen LogP contribution in [-0.4, -0.2) is 28.3 Å². The first kappa shape index (κ1) is 27.2. The Labute approximate surface area is 77.8 Å². The van der Waals surface area contributed by atoms with E-state index in [1.165, 1.54) is 0 Å². The molecule has 0 fully saturated rings. The summed E-state index contributed by atoms with van der Waals surface area (Å²) in [6.07, 6.45) is 0. The molecule has 0 aliphatic heterocycles. The van der Waals surface area contributed by atoms with Crippen LogP contribution < -0.4 is 0 Å². The summed E-state index contributed by atoms with van der Waals surface area (Å²) in [4.78, 5) is 0. The normalized spacial score (nSPS) is 0.600. The molecule has 0 aliphatic rings. The third-order valence-electron chi connectivity index (χ3n) is 0. The van der Waals surface area contributed by atoms with Crippen molar-refractivity contribution in [3.63, 3.8) is 0 Å². The monoisotopic (exact) mass is 261 g/mol. The van der Waals surface area contributed by atoms with Gasteiger partial charge >= 0.3 is 24.3 Å². The van der Waals surface area contributed by atoms with Gasteiger partial charge in [0.05, 0.1) is 0 Å². The van der Waals surface area contributed by atoms with Gasteiger partial charge in [0, 0.05) is 26.2 Å². The fraction of sp³-hybridized carbons (Fsp3) is 0. The fourth-order valence-corrected chi connectivity index (χ4v) is 0. The molecule has 0 rings (SSSR count). The van der Waals surface area contributed by atoms with Crippen molar-refractivity contribution in [1.29, 1.82) is 0 Å². The van der Waals surface area contributed by atoms with E-state index in [1.807, 2.05) is 0 Å². The van der Waals surface area contributed by atoms with Crippen LogP contribution in [0, 0.1) is 0 Å². The van der Waals surface area contributed by atoms with Crippen molar-refractivity contribution in [2.45, 2.75) is 0 Å². The van der Waals surface area contributed by atoms with E-state index in [-0.39, 0.29) is 54.5 Å². The van der Waals surface area contributed by atoms with Crippen molar-refractivity contribution in [2.75, 3.05) is 0 Å². The van der Waals surface area contributed by atoms with Crippen LogP contribution in [-0.2, 0) is 50.5 Å². The molecule has 0 saturated heterocycles. The number of hydrogen-bond acceptors (Lipinski definition) is 1. The second kappa shape index (κ2) is 35.0. The average Bonchev–Trinajstić information content (AvgIpc) is 1.00. The Morgan fingerprint density at radius 2 is 1.20 bits per heavy atom. The van der Waals surface area contributed by atoms with Crippen molar-refractivity contribution in [2.24, 2.45) is 0 Å². The standard InChI is InChI=1S/Al.Nb.O.H4Si.Zr.3H/h;;;1H4;;;;. The topological polar surface area (TPSA) is 17.1 Å². The Bertz CT molecular complexity index is 11.6. The van der Waals surface area contributed by atoms with E-state index in [4.69, 9.17) is 3.25 Å². The zero-order valence-electron chi connectivity index (χ0n) is 1.36. The largest absolute Gasteiger partial charge is 0.0149 e. The van der Waals surface area contributed by atoms with Crippen LogP contribution >= 0.6 is 0 Å². The van der Waals surface area contributed by atoms with Gasteiger partial charge in [-0.05, 0) is 11.0 Å². The van der Waals surface area contributed by atoms with Gasteiger partial charge in [-0.1, -0.05) is 0 Å². The maximum Gasteiger partial charge on any atom is 0 e. The molecular formula is H7AlNbOSiZr. The number of hydrogen-bond donors (Lipinski definition) is 0. The summed E-state index contributed by atoms with van der Waals surface area (Å²) in [5.41, 5.74) is 0. The SMILES string of the molecule is [AlH3].[O]=[Nb].[SiH4].[Zr]. The van der Waals surface area contributed by atoms with Crippen LogP contribution in [0.4, 0.5) is 0 Å². The molecule has 0 atom stereocenters.